The molecule has 1 heterocycles. The summed E-state index contributed by atoms with van der Waals surface area (Å²) in [6.07, 6.45) is 1.43. The molecule has 9 nitrogen and oxygen atoms in total. The van der Waals surface area contributed by atoms with Gasteiger partial charge >= 0.3 is 0 Å². The molecule has 2 aromatic carbocycles. The molecule has 1 unspecified atom stereocenters. The van der Waals surface area contributed by atoms with Gasteiger partial charge in [-0.2, -0.15) is 0 Å². The second-order valence-corrected chi connectivity index (χ2v) is 10.3. The molecule has 0 fully saturated rings. The summed E-state index contributed by atoms with van der Waals surface area (Å²) < 4.78 is 37.6. The topological polar surface area (TPSA) is 105 Å². The normalized spacial score (nSPS) is 13.6. The maximum atomic E-state index is 13.7. The largest absolute Gasteiger partial charge is 0.486 e. The molecule has 1 atom stereocenters. The first kappa shape index (κ1) is 26.3. The molecule has 10 heteroatoms. The molecule has 2 aromatic rings. The predicted octanol–water partition coefficient (Wildman–Crippen LogP) is 2.48. The fourth-order valence-electron chi connectivity index (χ4n) is 3.98. The Balaban J connectivity index is 1.96. The Kier molecular flexibility index (Phi) is 8.61. The van der Waals surface area contributed by atoms with E-state index in [1.54, 1.807) is 18.2 Å². The van der Waals surface area contributed by atoms with Gasteiger partial charge in [-0.3, -0.25) is 13.9 Å². The van der Waals surface area contributed by atoms with Crippen molar-refractivity contribution in [3.8, 4) is 11.5 Å². The lowest BCUT2D eigenvalue weighted by Gasteiger charge is -2.33. The van der Waals surface area contributed by atoms with Crippen molar-refractivity contribution in [3.05, 3.63) is 53.6 Å². The fraction of sp³-hybridized carbons (Fsp3) is 0.440. The van der Waals surface area contributed by atoms with Crippen molar-refractivity contribution in [1.29, 1.82) is 0 Å². The lowest BCUT2D eigenvalue weighted by Crippen LogP contribution is -2.52. The third-order valence-corrected chi connectivity index (χ3v) is 6.97. The van der Waals surface area contributed by atoms with E-state index in [1.165, 1.54) is 4.90 Å². The van der Waals surface area contributed by atoms with Gasteiger partial charge in [-0.1, -0.05) is 31.2 Å². The number of hydrogen-bond donors (Lipinski definition) is 1. The Bertz CT molecular complexity index is 1170. The van der Waals surface area contributed by atoms with Gasteiger partial charge in [0.1, 0.15) is 25.8 Å². The zero-order chi connectivity index (χ0) is 25.6. The van der Waals surface area contributed by atoms with Gasteiger partial charge in [-0.05, 0) is 43.5 Å². The van der Waals surface area contributed by atoms with Gasteiger partial charge in [0.2, 0.25) is 21.8 Å². The van der Waals surface area contributed by atoms with Crippen LogP contribution in [0.4, 0.5) is 5.69 Å². The molecule has 0 saturated heterocycles. The Morgan fingerprint density at radius 2 is 1.74 bits per heavy atom. The van der Waals surface area contributed by atoms with Crippen LogP contribution in [-0.2, 0) is 26.2 Å². The standard InChI is InChI=1S/C25H33N3O6S/c1-5-21(25(30)26-6-2)27(16-19-10-8-7-9-18(19)3)24(29)17-28(35(4,31)32)20-11-12-22-23(15-20)34-14-13-33-22/h7-12,15,21H,5-6,13-14,16-17H2,1-4H3,(H,26,30). The lowest BCUT2D eigenvalue weighted by atomic mass is 10.1. The van der Waals surface area contributed by atoms with E-state index in [2.05, 4.69) is 5.32 Å². The van der Waals surface area contributed by atoms with Gasteiger partial charge < -0.3 is 19.7 Å². The number of sulfonamides is 1. The minimum absolute atomic E-state index is 0.180. The van der Waals surface area contributed by atoms with E-state index in [-0.39, 0.29) is 18.1 Å². The first-order valence-corrected chi connectivity index (χ1v) is 13.5. The highest BCUT2D eigenvalue weighted by Crippen LogP contribution is 2.34. The summed E-state index contributed by atoms with van der Waals surface area (Å²) in [5.41, 5.74) is 2.14. The summed E-state index contributed by atoms with van der Waals surface area (Å²) in [6.45, 7) is 6.48. The average Bonchev–Trinajstić information content (AvgIpc) is 2.82. The van der Waals surface area contributed by atoms with Crippen LogP contribution in [-0.4, -0.2) is 63.7 Å². The maximum Gasteiger partial charge on any atom is 0.244 e. The summed E-state index contributed by atoms with van der Waals surface area (Å²) in [7, 11) is -3.83. The van der Waals surface area contributed by atoms with Gasteiger partial charge in [-0.25, -0.2) is 8.42 Å². The molecule has 0 bridgehead atoms. The van der Waals surface area contributed by atoms with E-state index >= 15 is 0 Å². The molecule has 0 saturated carbocycles. The first-order valence-electron chi connectivity index (χ1n) is 11.6. The van der Waals surface area contributed by atoms with E-state index in [4.69, 9.17) is 9.47 Å². The maximum absolute atomic E-state index is 13.7. The van der Waals surface area contributed by atoms with Crippen molar-refractivity contribution in [2.24, 2.45) is 0 Å². The molecule has 190 valence electrons. The minimum Gasteiger partial charge on any atom is -0.486 e. The summed E-state index contributed by atoms with van der Waals surface area (Å²) in [5, 5.41) is 2.79. The number of nitrogens with one attached hydrogen (secondary N) is 1. The van der Waals surface area contributed by atoms with Gasteiger partial charge in [0.15, 0.2) is 11.5 Å². The zero-order valence-electron chi connectivity index (χ0n) is 20.6. The minimum atomic E-state index is -3.83. The molecule has 0 aliphatic carbocycles. The number of carbonyl (C=O) groups is 2. The molecular weight excluding hydrogens is 470 g/mol. The Morgan fingerprint density at radius 1 is 1.06 bits per heavy atom. The second-order valence-electron chi connectivity index (χ2n) is 8.36. The van der Waals surface area contributed by atoms with Crippen molar-refractivity contribution >= 4 is 27.5 Å². The van der Waals surface area contributed by atoms with Crippen molar-refractivity contribution in [3.63, 3.8) is 0 Å². The average molecular weight is 504 g/mol. The van der Waals surface area contributed by atoms with Crippen LogP contribution in [0.25, 0.3) is 0 Å². The number of hydrogen-bond acceptors (Lipinski definition) is 6. The molecule has 2 amide bonds. The fourth-order valence-corrected chi connectivity index (χ4v) is 4.82. The highest BCUT2D eigenvalue weighted by atomic mass is 32.2. The molecule has 0 spiro atoms. The van der Waals surface area contributed by atoms with Crippen molar-refractivity contribution in [2.45, 2.75) is 39.8 Å². The zero-order valence-corrected chi connectivity index (χ0v) is 21.4. The number of anilines is 1. The molecule has 35 heavy (non-hydrogen) atoms. The number of amides is 2. The summed E-state index contributed by atoms with van der Waals surface area (Å²) >= 11 is 0. The first-order chi connectivity index (χ1) is 16.7. The molecule has 3 rings (SSSR count). The molecule has 1 aliphatic rings. The molecule has 1 aliphatic heterocycles. The van der Waals surface area contributed by atoms with E-state index in [9.17, 15) is 18.0 Å². The quantitative estimate of drug-likeness (QED) is 0.534. The Morgan fingerprint density at radius 3 is 2.37 bits per heavy atom. The smallest absolute Gasteiger partial charge is 0.244 e. The number of benzene rings is 2. The van der Waals surface area contributed by atoms with Crippen molar-refractivity contribution < 1.29 is 27.5 Å². The van der Waals surface area contributed by atoms with E-state index in [1.807, 2.05) is 45.0 Å². The molecule has 1 N–H and O–H groups in total. The number of aryl methyl sites for hydroxylation is 1. The van der Waals surface area contributed by atoms with E-state index in [0.29, 0.717) is 37.7 Å². The Hall–Kier alpha value is -3.27. The van der Waals surface area contributed by atoms with Crippen LogP contribution < -0.4 is 19.1 Å². The third kappa shape index (κ3) is 6.45. The number of nitrogens with zero attached hydrogens (tertiary/aromatic N) is 2. The highest BCUT2D eigenvalue weighted by Gasteiger charge is 2.32. The number of ether oxygens (including phenoxy) is 2. The van der Waals surface area contributed by atoms with Crippen LogP contribution in [0.2, 0.25) is 0 Å². The van der Waals surface area contributed by atoms with Gasteiger partial charge in [0, 0.05) is 19.2 Å². The van der Waals surface area contributed by atoms with Crippen molar-refractivity contribution in [1.82, 2.24) is 10.2 Å². The number of fused-ring (bicyclic) bond motifs is 1. The highest BCUT2D eigenvalue weighted by molar-refractivity contribution is 7.92. The van der Waals surface area contributed by atoms with Gasteiger partial charge in [-0.15, -0.1) is 0 Å². The lowest BCUT2D eigenvalue weighted by molar-refractivity contribution is -0.140. The predicted molar refractivity (Wildman–Crippen MR) is 134 cm³/mol. The monoisotopic (exact) mass is 503 g/mol. The number of carbonyl (C=O) groups excluding carboxylic acids is 2. The van der Waals surface area contributed by atoms with Crippen LogP contribution in [0.5, 0.6) is 11.5 Å². The van der Waals surface area contributed by atoms with E-state index < -0.39 is 28.5 Å². The second kappa shape index (κ2) is 11.4. The summed E-state index contributed by atoms with van der Waals surface area (Å²) in [4.78, 5) is 28.0. The third-order valence-electron chi connectivity index (χ3n) is 5.83. The van der Waals surface area contributed by atoms with Gasteiger partial charge in [0.05, 0.1) is 11.9 Å². The number of rotatable bonds is 10. The Labute approximate surface area is 207 Å². The van der Waals surface area contributed by atoms with Gasteiger partial charge in [0.25, 0.3) is 0 Å². The van der Waals surface area contributed by atoms with Crippen LogP contribution in [0.3, 0.4) is 0 Å². The summed E-state index contributed by atoms with van der Waals surface area (Å²) in [5.74, 6) is 0.178. The van der Waals surface area contributed by atoms with Crippen LogP contribution in [0, 0.1) is 6.92 Å². The van der Waals surface area contributed by atoms with Crippen LogP contribution in [0.15, 0.2) is 42.5 Å². The van der Waals surface area contributed by atoms with Crippen LogP contribution in [0.1, 0.15) is 31.4 Å². The molecule has 0 radical (unpaired) electrons. The SMILES string of the molecule is CCNC(=O)C(CC)N(Cc1ccccc1C)C(=O)CN(c1ccc2c(c1)OCCO2)S(C)(=O)=O. The van der Waals surface area contributed by atoms with E-state index in [0.717, 1.165) is 21.7 Å². The molecular formula is C25H33N3O6S. The molecule has 0 aromatic heterocycles. The van der Waals surface area contributed by atoms with Crippen LogP contribution >= 0.6 is 0 Å². The van der Waals surface area contributed by atoms with Crippen molar-refractivity contribution in [2.75, 3.05) is 36.9 Å². The summed E-state index contributed by atoms with van der Waals surface area (Å²) in [6, 6.07) is 11.6. The number of likely N-dealkylation sites (N-methyl/N-ethyl adjacent to an activating group) is 1.